The normalized spacial score (nSPS) is 40.8. The van der Waals surface area contributed by atoms with E-state index in [1.807, 2.05) is 0 Å². The van der Waals surface area contributed by atoms with Crippen molar-refractivity contribution in [1.29, 1.82) is 0 Å². The maximum atomic E-state index is 5.62. The Kier molecular flexibility index (Phi) is 3.19. The molecule has 3 nitrogen and oxygen atoms in total. The fourth-order valence-corrected chi connectivity index (χ4v) is 2.19. The Morgan fingerprint density at radius 2 is 2.31 bits per heavy atom. The SMILES string of the molecule is CC1COC(CC2CCCCN2)N1. The van der Waals surface area contributed by atoms with Gasteiger partial charge in [0.2, 0.25) is 0 Å². The monoisotopic (exact) mass is 184 g/mol. The van der Waals surface area contributed by atoms with Gasteiger partial charge < -0.3 is 10.1 Å². The Morgan fingerprint density at radius 1 is 1.38 bits per heavy atom. The third kappa shape index (κ3) is 2.66. The van der Waals surface area contributed by atoms with Gasteiger partial charge in [-0.15, -0.1) is 0 Å². The summed E-state index contributed by atoms with van der Waals surface area (Å²) in [5.41, 5.74) is 0. The molecule has 0 aromatic carbocycles. The van der Waals surface area contributed by atoms with Crippen LogP contribution in [0.4, 0.5) is 0 Å². The van der Waals surface area contributed by atoms with E-state index < -0.39 is 0 Å². The molecule has 76 valence electrons. The van der Waals surface area contributed by atoms with Crippen LogP contribution in [0.2, 0.25) is 0 Å². The highest BCUT2D eigenvalue weighted by Crippen LogP contribution is 2.15. The van der Waals surface area contributed by atoms with Crippen molar-refractivity contribution in [2.24, 2.45) is 0 Å². The van der Waals surface area contributed by atoms with Crippen molar-refractivity contribution in [2.45, 2.75) is 50.9 Å². The summed E-state index contributed by atoms with van der Waals surface area (Å²) >= 11 is 0. The van der Waals surface area contributed by atoms with E-state index in [2.05, 4.69) is 17.6 Å². The maximum Gasteiger partial charge on any atom is 0.109 e. The molecule has 2 saturated heterocycles. The Balaban J connectivity index is 1.71. The fraction of sp³-hybridized carbons (Fsp3) is 1.00. The Bertz CT molecular complexity index is 154. The van der Waals surface area contributed by atoms with Crippen LogP contribution in [0.1, 0.15) is 32.6 Å². The number of ether oxygens (including phenoxy) is 1. The highest BCUT2D eigenvalue weighted by molar-refractivity contribution is 4.79. The number of rotatable bonds is 2. The van der Waals surface area contributed by atoms with Crippen LogP contribution in [0.15, 0.2) is 0 Å². The lowest BCUT2D eigenvalue weighted by Crippen LogP contribution is -2.40. The third-order valence-electron chi connectivity index (χ3n) is 2.93. The minimum Gasteiger partial charge on any atom is -0.362 e. The van der Waals surface area contributed by atoms with Crippen LogP contribution in [0.25, 0.3) is 0 Å². The molecule has 0 amide bonds. The molecule has 0 spiro atoms. The first-order valence-electron chi connectivity index (χ1n) is 5.45. The second-order valence-electron chi connectivity index (χ2n) is 4.27. The van der Waals surface area contributed by atoms with Crippen LogP contribution >= 0.6 is 0 Å². The average molecular weight is 184 g/mol. The molecule has 3 unspecified atom stereocenters. The van der Waals surface area contributed by atoms with Crippen molar-refractivity contribution in [3.8, 4) is 0 Å². The Morgan fingerprint density at radius 3 is 2.92 bits per heavy atom. The standard InChI is InChI=1S/C10H20N2O/c1-8-7-13-10(12-8)6-9-4-2-3-5-11-9/h8-12H,2-7H2,1H3. The van der Waals surface area contributed by atoms with Crippen molar-refractivity contribution >= 4 is 0 Å². The zero-order valence-corrected chi connectivity index (χ0v) is 8.38. The van der Waals surface area contributed by atoms with Crippen LogP contribution in [-0.2, 0) is 4.74 Å². The maximum absolute atomic E-state index is 5.62. The summed E-state index contributed by atoms with van der Waals surface area (Å²) < 4.78 is 5.62. The van der Waals surface area contributed by atoms with E-state index in [9.17, 15) is 0 Å². The molecule has 2 aliphatic rings. The van der Waals surface area contributed by atoms with E-state index in [1.165, 1.54) is 25.8 Å². The molecule has 0 aliphatic carbocycles. The molecular formula is C10H20N2O. The molecule has 3 heteroatoms. The number of hydrogen-bond donors (Lipinski definition) is 2. The number of piperidine rings is 1. The fourth-order valence-electron chi connectivity index (χ4n) is 2.19. The molecule has 0 aromatic heterocycles. The summed E-state index contributed by atoms with van der Waals surface area (Å²) in [6.45, 7) is 4.23. The van der Waals surface area contributed by atoms with E-state index >= 15 is 0 Å². The van der Waals surface area contributed by atoms with Crippen molar-refractivity contribution in [1.82, 2.24) is 10.6 Å². The predicted octanol–water partition coefficient (Wildman–Crippen LogP) is 0.853. The van der Waals surface area contributed by atoms with Gasteiger partial charge in [-0.05, 0) is 26.3 Å². The molecule has 2 aliphatic heterocycles. The van der Waals surface area contributed by atoms with Crippen LogP contribution in [0.3, 0.4) is 0 Å². The third-order valence-corrected chi connectivity index (χ3v) is 2.93. The van der Waals surface area contributed by atoms with Gasteiger partial charge in [-0.3, -0.25) is 5.32 Å². The van der Waals surface area contributed by atoms with Gasteiger partial charge in [0, 0.05) is 18.5 Å². The summed E-state index contributed by atoms with van der Waals surface area (Å²) in [5, 5.41) is 6.98. The highest BCUT2D eigenvalue weighted by atomic mass is 16.5. The first-order chi connectivity index (χ1) is 6.34. The molecule has 0 saturated carbocycles. The van der Waals surface area contributed by atoms with Crippen molar-refractivity contribution in [3.63, 3.8) is 0 Å². The molecular weight excluding hydrogens is 164 g/mol. The molecule has 2 fully saturated rings. The van der Waals surface area contributed by atoms with Gasteiger partial charge in [-0.1, -0.05) is 6.42 Å². The summed E-state index contributed by atoms with van der Waals surface area (Å²) in [6.07, 6.45) is 5.46. The molecule has 2 rings (SSSR count). The lowest BCUT2D eigenvalue weighted by Gasteiger charge is -2.25. The van der Waals surface area contributed by atoms with Crippen molar-refractivity contribution < 1.29 is 4.74 Å². The van der Waals surface area contributed by atoms with Gasteiger partial charge in [0.25, 0.3) is 0 Å². The average Bonchev–Trinajstić information content (AvgIpc) is 2.53. The Hall–Kier alpha value is -0.120. The molecule has 0 bridgehead atoms. The van der Waals surface area contributed by atoms with Gasteiger partial charge in [-0.25, -0.2) is 0 Å². The summed E-state index contributed by atoms with van der Waals surface area (Å²) in [5.74, 6) is 0. The van der Waals surface area contributed by atoms with E-state index in [0.29, 0.717) is 18.3 Å². The summed E-state index contributed by atoms with van der Waals surface area (Å²) in [4.78, 5) is 0. The minimum atomic E-state index is 0.297. The lowest BCUT2D eigenvalue weighted by molar-refractivity contribution is 0.0809. The molecule has 13 heavy (non-hydrogen) atoms. The second kappa shape index (κ2) is 4.40. The summed E-state index contributed by atoms with van der Waals surface area (Å²) in [7, 11) is 0. The van der Waals surface area contributed by atoms with Crippen LogP contribution in [-0.4, -0.2) is 31.5 Å². The van der Waals surface area contributed by atoms with Crippen LogP contribution in [0, 0.1) is 0 Å². The molecule has 2 heterocycles. The first kappa shape index (κ1) is 9.44. The van der Waals surface area contributed by atoms with Gasteiger partial charge >= 0.3 is 0 Å². The topological polar surface area (TPSA) is 33.3 Å². The van der Waals surface area contributed by atoms with Crippen molar-refractivity contribution in [2.75, 3.05) is 13.2 Å². The van der Waals surface area contributed by atoms with E-state index in [0.717, 1.165) is 13.0 Å². The highest BCUT2D eigenvalue weighted by Gasteiger charge is 2.24. The number of nitrogens with one attached hydrogen (secondary N) is 2. The second-order valence-corrected chi connectivity index (χ2v) is 4.27. The zero-order valence-electron chi connectivity index (χ0n) is 8.38. The van der Waals surface area contributed by atoms with Gasteiger partial charge in [0.05, 0.1) is 6.61 Å². The van der Waals surface area contributed by atoms with Gasteiger partial charge in [-0.2, -0.15) is 0 Å². The quantitative estimate of drug-likeness (QED) is 0.667. The minimum absolute atomic E-state index is 0.297. The molecule has 2 N–H and O–H groups in total. The van der Waals surface area contributed by atoms with Crippen molar-refractivity contribution in [3.05, 3.63) is 0 Å². The lowest BCUT2D eigenvalue weighted by atomic mass is 10.0. The van der Waals surface area contributed by atoms with Crippen LogP contribution < -0.4 is 10.6 Å². The van der Waals surface area contributed by atoms with E-state index in [1.54, 1.807) is 0 Å². The molecule has 3 atom stereocenters. The zero-order chi connectivity index (χ0) is 9.10. The largest absolute Gasteiger partial charge is 0.362 e. The molecule has 0 radical (unpaired) electrons. The Labute approximate surface area is 80.2 Å². The molecule has 0 aromatic rings. The van der Waals surface area contributed by atoms with Gasteiger partial charge in [0.15, 0.2) is 0 Å². The first-order valence-corrected chi connectivity index (χ1v) is 5.45. The van der Waals surface area contributed by atoms with E-state index in [-0.39, 0.29) is 0 Å². The summed E-state index contributed by atoms with van der Waals surface area (Å²) in [6, 6.07) is 1.21. The van der Waals surface area contributed by atoms with E-state index in [4.69, 9.17) is 4.74 Å². The van der Waals surface area contributed by atoms with Crippen LogP contribution in [0.5, 0.6) is 0 Å². The van der Waals surface area contributed by atoms with Gasteiger partial charge in [0.1, 0.15) is 6.23 Å². The smallest absolute Gasteiger partial charge is 0.109 e. The number of hydrogen-bond acceptors (Lipinski definition) is 3. The predicted molar refractivity (Wildman–Crippen MR) is 52.6 cm³/mol.